The first-order valence-electron chi connectivity index (χ1n) is 6.48. The Hall–Kier alpha value is -2.08. The van der Waals surface area contributed by atoms with Crippen molar-refractivity contribution in [1.29, 1.82) is 0 Å². The molecule has 0 aliphatic rings. The van der Waals surface area contributed by atoms with E-state index in [1.165, 1.54) is 0 Å². The van der Waals surface area contributed by atoms with E-state index in [1.54, 1.807) is 25.3 Å². The van der Waals surface area contributed by atoms with Gasteiger partial charge in [-0.05, 0) is 24.6 Å². The van der Waals surface area contributed by atoms with Crippen molar-refractivity contribution in [1.82, 2.24) is 10.1 Å². The maximum Gasteiger partial charge on any atom is 0.264 e. The van der Waals surface area contributed by atoms with E-state index in [4.69, 9.17) is 14.0 Å². The van der Waals surface area contributed by atoms with Gasteiger partial charge in [0, 0.05) is 12.0 Å². The van der Waals surface area contributed by atoms with Gasteiger partial charge >= 0.3 is 0 Å². The van der Waals surface area contributed by atoms with E-state index in [-0.39, 0.29) is 13.2 Å². The average molecular weight is 278 g/mol. The molecule has 0 unspecified atom stereocenters. The van der Waals surface area contributed by atoms with Crippen molar-refractivity contribution in [2.45, 2.75) is 33.0 Å². The summed E-state index contributed by atoms with van der Waals surface area (Å²) in [5, 5.41) is 13.2. The van der Waals surface area contributed by atoms with Gasteiger partial charge in [0.15, 0.2) is 12.4 Å². The van der Waals surface area contributed by atoms with Crippen LogP contribution in [0.15, 0.2) is 22.7 Å². The lowest BCUT2D eigenvalue weighted by molar-refractivity contribution is 0.228. The third-order valence-electron chi connectivity index (χ3n) is 2.77. The maximum atomic E-state index is 9.32. The van der Waals surface area contributed by atoms with E-state index in [0.29, 0.717) is 28.8 Å². The molecule has 2 rings (SSSR count). The molecule has 108 valence electrons. The van der Waals surface area contributed by atoms with Crippen LogP contribution in [0, 0.1) is 0 Å². The molecule has 0 bridgehead atoms. The zero-order valence-electron chi connectivity index (χ0n) is 11.6. The second-order valence-electron chi connectivity index (χ2n) is 4.27. The summed E-state index contributed by atoms with van der Waals surface area (Å²) in [7, 11) is 1.57. The van der Waals surface area contributed by atoms with Gasteiger partial charge < -0.3 is 19.1 Å². The summed E-state index contributed by atoms with van der Waals surface area (Å²) in [6.07, 6.45) is 1.75. The fraction of sp³-hybridized carbons (Fsp3) is 0.429. The first-order valence-corrected chi connectivity index (χ1v) is 6.48. The Morgan fingerprint density at radius 2 is 2.20 bits per heavy atom. The lowest BCUT2D eigenvalue weighted by Gasteiger charge is -2.09. The molecule has 1 heterocycles. The van der Waals surface area contributed by atoms with Crippen LogP contribution in [-0.2, 0) is 19.6 Å². The van der Waals surface area contributed by atoms with Gasteiger partial charge in [0.1, 0.15) is 11.5 Å². The Morgan fingerprint density at radius 1 is 1.35 bits per heavy atom. The van der Waals surface area contributed by atoms with Crippen LogP contribution in [0.3, 0.4) is 0 Å². The highest BCUT2D eigenvalue weighted by Gasteiger charge is 2.09. The molecule has 0 aliphatic heterocycles. The van der Waals surface area contributed by atoms with Crippen LogP contribution in [0.1, 0.15) is 30.6 Å². The number of ether oxygens (including phenoxy) is 2. The molecule has 0 radical (unpaired) electrons. The van der Waals surface area contributed by atoms with Crippen molar-refractivity contribution < 1.29 is 19.1 Å². The molecule has 2 aromatic rings. The number of aliphatic hydroxyl groups is 1. The van der Waals surface area contributed by atoms with E-state index >= 15 is 0 Å². The number of hydrogen-bond donors (Lipinski definition) is 1. The van der Waals surface area contributed by atoms with Crippen LogP contribution in [0.5, 0.6) is 11.5 Å². The number of benzene rings is 1. The molecule has 6 nitrogen and oxygen atoms in total. The monoisotopic (exact) mass is 278 g/mol. The van der Waals surface area contributed by atoms with Crippen molar-refractivity contribution in [2.24, 2.45) is 0 Å². The highest BCUT2D eigenvalue weighted by atomic mass is 16.5. The Balaban J connectivity index is 2.02. The topological polar surface area (TPSA) is 77.6 Å². The molecule has 0 saturated heterocycles. The first-order chi connectivity index (χ1) is 9.76. The molecule has 0 atom stereocenters. The van der Waals surface area contributed by atoms with Gasteiger partial charge in [0.25, 0.3) is 5.89 Å². The van der Waals surface area contributed by atoms with Crippen LogP contribution in [0.4, 0.5) is 0 Å². The lowest BCUT2D eigenvalue weighted by atomic mass is 10.2. The van der Waals surface area contributed by atoms with Crippen molar-refractivity contribution in [2.75, 3.05) is 7.11 Å². The fourth-order valence-corrected chi connectivity index (χ4v) is 1.76. The molecule has 1 aromatic carbocycles. The third-order valence-corrected chi connectivity index (χ3v) is 2.77. The zero-order valence-corrected chi connectivity index (χ0v) is 11.6. The Morgan fingerprint density at radius 3 is 2.90 bits per heavy atom. The molecule has 1 aromatic heterocycles. The second-order valence-corrected chi connectivity index (χ2v) is 4.27. The number of hydrogen-bond acceptors (Lipinski definition) is 6. The number of nitrogens with zero attached hydrogens (tertiary/aromatic N) is 2. The SMILES string of the molecule is CCCc1noc(COc2ccc(OC)cc2CO)n1. The number of aliphatic hydroxyl groups excluding tert-OH is 1. The molecule has 1 N–H and O–H groups in total. The minimum atomic E-state index is -0.128. The van der Waals surface area contributed by atoms with E-state index < -0.39 is 0 Å². The summed E-state index contributed by atoms with van der Waals surface area (Å²) in [5.41, 5.74) is 0.651. The van der Waals surface area contributed by atoms with Gasteiger partial charge in [-0.25, -0.2) is 0 Å². The summed E-state index contributed by atoms with van der Waals surface area (Å²) in [5.74, 6) is 2.35. The largest absolute Gasteiger partial charge is 0.497 e. The number of methoxy groups -OCH3 is 1. The Bertz CT molecular complexity index is 554. The van der Waals surface area contributed by atoms with Crippen LogP contribution in [0.2, 0.25) is 0 Å². The number of rotatable bonds is 7. The summed E-state index contributed by atoms with van der Waals surface area (Å²) in [4.78, 5) is 4.21. The zero-order chi connectivity index (χ0) is 14.4. The highest BCUT2D eigenvalue weighted by Crippen LogP contribution is 2.24. The molecular weight excluding hydrogens is 260 g/mol. The van der Waals surface area contributed by atoms with Gasteiger partial charge in [-0.3, -0.25) is 0 Å². The number of aromatic nitrogens is 2. The first kappa shape index (κ1) is 14.3. The van der Waals surface area contributed by atoms with Crippen LogP contribution in [-0.4, -0.2) is 22.4 Å². The average Bonchev–Trinajstić information content (AvgIpc) is 2.93. The molecule has 0 aliphatic carbocycles. The predicted octanol–water partition coefficient (Wildman–Crippen LogP) is 2.10. The minimum Gasteiger partial charge on any atom is -0.497 e. The van der Waals surface area contributed by atoms with Crippen LogP contribution < -0.4 is 9.47 Å². The van der Waals surface area contributed by atoms with Crippen molar-refractivity contribution in [3.05, 3.63) is 35.5 Å². The standard InChI is InChI=1S/C14H18N2O4/c1-3-4-13-15-14(20-16-13)9-19-12-6-5-11(18-2)7-10(12)8-17/h5-7,17H,3-4,8-9H2,1-2H3. The van der Waals surface area contributed by atoms with E-state index in [2.05, 4.69) is 17.1 Å². The summed E-state index contributed by atoms with van der Waals surface area (Å²) in [6.45, 7) is 2.10. The van der Waals surface area contributed by atoms with Gasteiger partial charge in [-0.2, -0.15) is 4.98 Å². The van der Waals surface area contributed by atoms with Crippen molar-refractivity contribution in [3.63, 3.8) is 0 Å². The summed E-state index contributed by atoms with van der Waals surface area (Å²) in [6, 6.07) is 5.24. The Labute approximate surface area is 117 Å². The molecule has 6 heteroatoms. The summed E-state index contributed by atoms with van der Waals surface area (Å²) >= 11 is 0. The molecule has 20 heavy (non-hydrogen) atoms. The summed E-state index contributed by atoms with van der Waals surface area (Å²) < 4.78 is 15.8. The third kappa shape index (κ3) is 3.48. The predicted molar refractivity (Wildman–Crippen MR) is 71.5 cm³/mol. The van der Waals surface area contributed by atoms with Crippen molar-refractivity contribution in [3.8, 4) is 11.5 Å². The molecule has 0 fully saturated rings. The quantitative estimate of drug-likeness (QED) is 0.835. The molecule has 0 amide bonds. The van der Waals surface area contributed by atoms with Crippen LogP contribution >= 0.6 is 0 Å². The lowest BCUT2D eigenvalue weighted by Crippen LogP contribution is -2.00. The van der Waals surface area contributed by atoms with Gasteiger partial charge in [-0.1, -0.05) is 12.1 Å². The van der Waals surface area contributed by atoms with Gasteiger partial charge in [0.2, 0.25) is 0 Å². The molecule has 0 saturated carbocycles. The van der Waals surface area contributed by atoms with Crippen LogP contribution in [0.25, 0.3) is 0 Å². The second kappa shape index (κ2) is 6.91. The minimum absolute atomic E-state index is 0.128. The van der Waals surface area contributed by atoms with E-state index in [9.17, 15) is 5.11 Å². The number of aryl methyl sites for hydroxylation is 1. The van der Waals surface area contributed by atoms with Gasteiger partial charge in [0.05, 0.1) is 13.7 Å². The van der Waals surface area contributed by atoms with Gasteiger partial charge in [-0.15, -0.1) is 0 Å². The van der Waals surface area contributed by atoms with Crippen molar-refractivity contribution >= 4 is 0 Å². The normalized spacial score (nSPS) is 10.6. The molecule has 0 spiro atoms. The Kier molecular flexibility index (Phi) is 4.95. The smallest absolute Gasteiger partial charge is 0.264 e. The van der Waals surface area contributed by atoms with E-state index in [1.807, 2.05) is 0 Å². The maximum absolute atomic E-state index is 9.32. The highest BCUT2D eigenvalue weighted by molar-refractivity contribution is 5.39. The fourth-order valence-electron chi connectivity index (χ4n) is 1.76. The van der Waals surface area contributed by atoms with E-state index in [0.717, 1.165) is 12.8 Å². The molecular formula is C14H18N2O4.